The normalized spacial score (nSPS) is 22.7. The fourth-order valence-corrected chi connectivity index (χ4v) is 4.74. The van der Waals surface area contributed by atoms with Crippen molar-refractivity contribution in [1.82, 2.24) is 10.0 Å². The molecule has 0 radical (unpaired) electrons. The zero-order valence-electron chi connectivity index (χ0n) is 12.4. The van der Waals surface area contributed by atoms with Crippen molar-refractivity contribution in [3.05, 3.63) is 27.7 Å². The Hall–Kier alpha value is -0.470. The van der Waals surface area contributed by atoms with Crippen molar-refractivity contribution >= 4 is 26.0 Å². The Morgan fingerprint density at radius 3 is 2.71 bits per heavy atom. The van der Waals surface area contributed by atoms with Crippen molar-refractivity contribution in [2.45, 2.75) is 43.9 Å². The van der Waals surface area contributed by atoms with Gasteiger partial charge in [0.25, 0.3) is 0 Å². The molecule has 1 aliphatic rings. The van der Waals surface area contributed by atoms with Gasteiger partial charge in [0.1, 0.15) is 0 Å². The standard InChI is InChI=1S/C14H21BrN2O3S/c1-9-12(15)6-11(8-16-3)7-14(9)21(18,19)17-13-4-5-20-10(13)2/h6-7,10,13,16-17H,4-5,8H2,1-3H3. The molecular formula is C14H21BrN2O3S. The van der Waals surface area contributed by atoms with Crippen molar-refractivity contribution in [3.8, 4) is 0 Å². The molecule has 0 spiro atoms. The molecule has 0 aliphatic carbocycles. The Balaban J connectivity index is 2.34. The number of benzene rings is 1. The van der Waals surface area contributed by atoms with Crippen LogP contribution in [0.2, 0.25) is 0 Å². The summed E-state index contributed by atoms with van der Waals surface area (Å²) in [7, 11) is -1.73. The second kappa shape index (κ2) is 6.75. The largest absolute Gasteiger partial charge is 0.377 e. The molecule has 1 aliphatic heterocycles. The minimum absolute atomic E-state index is 0.0935. The predicted octanol–water partition coefficient (Wildman–Crippen LogP) is 1.93. The minimum Gasteiger partial charge on any atom is -0.377 e. The number of rotatable bonds is 5. The van der Waals surface area contributed by atoms with E-state index in [9.17, 15) is 8.42 Å². The van der Waals surface area contributed by atoms with Gasteiger partial charge in [-0.05, 0) is 50.6 Å². The van der Waals surface area contributed by atoms with Gasteiger partial charge in [-0.1, -0.05) is 15.9 Å². The zero-order chi connectivity index (χ0) is 15.6. The summed E-state index contributed by atoms with van der Waals surface area (Å²) in [4.78, 5) is 0.321. The highest BCUT2D eigenvalue weighted by Crippen LogP contribution is 2.27. The molecular weight excluding hydrogens is 356 g/mol. The van der Waals surface area contributed by atoms with Gasteiger partial charge in [0.15, 0.2) is 0 Å². The van der Waals surface area contributed by atoms with Crippen LogP contribution in [0.25, 0.3) is 0 Å². The van der Waals surface area contributed by atoms with E-state index in [0.29, 0.717) is 30.0 Å². The molecule has 1 aromatic rings. The van der Waals surface area contributed by atoms with Crippen molar-refractivity contribution in [1.29, 1.82) is 0 Å². The predicted molar refractivity (Wildman–Crippen MR) is 85.8 cm³/mol. The summed E-state index contributed by atoms with van der Waals surface area (Å²) >= 11 is 3.44. The average Bonchev–Trinajstić information content (AvgIpc) is 2.79. The molecule has 118 valence electrons. The second-order valence-corrected chi connectivity index (χ2v) is 7.86. The Morgan fingerprint density at radius 2 is 2.14 bits per heavy atom. The second-order valence-electron chi connectivity index (χ2n) is 5.32. The van der Waals surface area contributed by atoms with Crippen LogP contribution >= 0.6 is 15.9 Å². The van der Waals surface area contributed by atoms with Gasteiger partial charge >= 0.3 is 0 Å². The highest BCUT2D eigenvalue weighted by atomic mass is 79.9. The highest BCUT2D eigenvalue weighted by molar-refractivity contribution is 9.10. The van der Waals surface area contributed by atoms with E-state index in [2.05, 4.69) is 26.0 Å². The van der Waals surface area contributed by atoms with Crippen LogP contribution in [0.1, 0.15) is 24.5 Å². The lowest BCUT2D eigenvalue weighted by Crippen LogP contribution is -2.39. The summed E-state index contributed by atoms with van der Waals surface area (Å²) < 4.78 is 34.3. The monoisotopic (exact) mass is 376 g/mol. The molecule has 2 atom stereocenters. The number of hydrogen-bond acceptors (Lipinski definition) is 4. The lowest BCUT2D eigenvalue weighted by atomic mass is 10.1. The Morgan fingerprint density at radius 1 is 1.43 bits per heavy atom. The molecule has 1 saturated heterocycles. The number of nitrogens with one attached hydrogen (secondary N) is 2. The van der Waals surface area contributed by atoms with Crippen LogP contribution < -0.4 is 10.0 Å². The van der Waals surface area contributed by atoms with Crippen molar-refractivity contribution < 1.29 is 13.2 Å². The number of sulfonamides is 1. The number of hydrogen-bond donors (Lipinski definition) is 2. The molecule has 7 heteroatoms. The Labute approximate surface area is 134 Å². The molecule has 0 bridgehead atoms. The quantitative estimate of drug-likeness (QED) is 0.823. The zero-order valence-corrected chi connectivity index (χ0v) is 14.8. The third-order valence-electron chi connectivity index (χ3n) is 3.71. The molecule has 2 N–H and O–H groups in total. The van der Waals surface area contributed by atoms with Gasteiger partial charge < -0.3 is 10.1 Å². The van der Waals surface area contributed by atoms with Crippen LogP contribution in [0, 0.1) is 6.92 Å². The third kappa shape index (κ3) is 3.84. The highest BCUT2D eigenvalue weighted by Gasteiger charge is 2.30. The average molecular weight is 377 g/mol. The van der Waals surface area contributed by atoms with Crippen LogP contribution in [-0.2, 0) is 21.3 Å². The summed E-state index contributed by atoms with van der Waals surface area (Å²) in [5.41, 5.74) is 1.64. The van der Waals surface area contributed by atoms with E-state index in [4.69, 9.17) is 4.74 Å². The summed E-state index contributed by atoms with van der Waals surface area (Å²) in [6, 6.07) is 3.49. The fourth-order valence-electron chi connectivity index (χ4n) is 2.44. The summed E-state index contributed by atoms with van der Waals surface area (Å²) in [6.07, 6.45) is 0.612. The van der Waals surface area contributed by atoms with Crippen molar-refractivity contribution in [2.75, 3.05) is 13.7 Å². The maximum Gasteiger partial charge on any atom is 0.241 e. The van der Waals surface area contributed by atoms with Crippen molar-refractivity contribution in [3.63, 3.8) is 0 Å². The van der Waals surface area contributed by atoms with Gasteiger partial charge in [0.2, 0.25) is 10.0 Å². The first kappa shape index (κ1) is 16.9. The van der Waals surface area contributed by atoms with Gasteiger partial charge in [-0.25, -0.2) is 13.1 Å². The first-order valence-electron chi connectivity index (χ1n) is 6.92. The minimum atomic E-state index is -3.56. The van der Waals surface area contributed by atoms with Crippen LogP contribution in [0.5, 0.6) is 0 Å². The molecule has 2 unspecified atom stereocenters. The van der Waals surface area contributed by atoms with E-state index < -0.39 is 10.0 Å². The van der Waals surface area contributed by atoms with Crippen LogP contribution in [-0.4, -0.2) is 34.2 Å². The van der Waals surface area contributed by atoms with Gasteiger partial charge in [-0.2, -0.15) is 0 Å². The number of ether oxygens (including phenoxy) is 1. The van der Waals surface area contributed by atoms with E-state index in [1.54, 1.807) is 13.0 Å². The molecule has 1 aromatic carbocycles. The third-order valence-corrected chi connectivity index (χ3v) is 6.15. The van der Waals surface area contributed by atoms with Gasteiger partial charge in [-0.3, -0.25) is 0 Å². The first-order chi connectivity index (χ1) is 9.85. The molecule has 0 aromatic heterocycles. The van der Waals surface area contributed by atoms with E-state index >= 15 is 0 Å². The summed E-state index contributed by atoms with van der Waals surface area (Å²) in [5.74, 6) is 0. The van der Waals surface area contributed by atoms with Crippen LogP contribution in [0.4, 0.5) is 0 Å². The van der Waals surface area contributed by atoms with Gasteiger partial charge in [0.05, 0.1) is 17.0 Å². The fraction of sp³-hybridized carbons (Fsp3) is 0.571. The molecule has 21 heavy (non-hydrogen) atoms. The first-order valence-corrected chi connectivity index (χ1v) is 9.20. The maximum absolute atomic E-state index is 12.7. The lowest BCUT2D eigenvalue weighted by molar-refractivity contribution is 0.117. The van der Waals surface area contributed by atoms with Gasteiger partial charge in [0, 0.05) is 17.6 Å². The SMILES string of the molecule is CNCc1cc(Br)c(C)c(S(=O)(=O)NC2CCOC2C)c1. The lowest BCUT2D eigenvalue weighted by Gasteiger charge is -2.18. The Kier molecular flexibility index (Phi) is 5.43. The van der Waals surface area contributed by atoms with E-state index in [-0.39, 0.29) is 12.1 Å². The van der Waals surface area contributed by atoms with E-state index in [0.717, 1.165) is 10.0 Å². The van der Waals surface area contributed by atoms with E-state index in [1.807, 2.05) is 20.0 Å². The molecule has 2 rings (SSSR count). The summed E-state index contributed by atoms with van der Waals surface area (Å²) in [6.45, 7) is 4.90. The smallest absolute Gasteiger partial charge is 0.241 e. The van der Waals surface area contributed by atoms with Gasteiger partial charge in [-0.15, -0.1) is 0 Å². The van der Waals surface area contributed by atoms with Crippen LogP contribution in [0.3, 0.4) is 0 Å². The maximum atomic E-state index is 12.7. The topological polar surface area (TPSA) is 67.4 Å². The molecule has 1 heterocycles. The Bertz CT molecular complexity index is 619. The van der Waals surface area contributed by atoms with Crippen LogP contribution in [0.15, 0.2) is 21.5 Å². The summed E-state index contributed by atoms with van der Waals surface area (Å²) in [5, 5.41) is 3.03. The molecule has 1 fully saturated rings. The molecule has 0 amide bonds. The van der Waals surface area contributed by atoms with Crippen molar-refractivity contribution in [2.24, 2.45) is 0 Å². The van der Waals surface area contributed by atoms with E-state index in [1.165, 1.54) is 0 Å². The molecule has 0 saturated carbocycles. The molecule has 5 nitrogen and oxygen atoms in total. The number of halogens is 1.